The van der Waals surface area contributed by atoms with E-state index in [9.17, 15) is 13.2 Å². The molecule has 156 valence electrons. The van der Waals surface area contributed by atoms with Crippen LogP contribution >= 0.6 is 0 Å². The number of nitrogens with zero attached hydrogens (tertiary/aromatic N) is 1. The Bertz CT molecular complexity index is 911. The van der Waals surface area contributed by atoms with Gasteiger partial charge in [0.05, 0.1) is 12.0 Å². The van der Waals surface area contributed by atoms with Gasteiger partial charge < -0.3 is 15.4 Å². The maximum absolute atomic E-state index is 12.7. The van der Waals surface area contributed by atoms with E-state index in [-0.39, 0.29) is 6.03 Å². The zero-order valence-electron chi connectivity index (χ0n) is 16.5. The second-order valence-corrected chi connectivity index (χ2v) is 9.00. The van der Waals surface area contributed by atoms with E-state index in [1.807, 2.05) is 18.2 Å². The summed E-state index contributed by atoms with van der Waals surface area (Å²) in [5.41, 5.74) is 0.668. The summed E-state index contributed by atoms with van der Waals surface area (Å²) in [4.78, 5) is 12.4. The van der Waals surface area contributed by atoms with Gasteiger partial charge in [-0.3, -0.25) is 0 Å². The quantitative estimate of drug-likeness (QED) is 0.724. The molecule has 8 heteroatoms. The number of carbonyl (C=O) groups is 1. The highest BCUT2D eigenvalue weighted by Gasteiger charge is 2.29. The van der Waals surface area contributed by atoms with E-state index >= 15 is 0 Å². The minimum absolute atomic E-state index is 0.262. The zero-order chi connectivity index (χ0) is 20.7. The number of piperidine rings is 1. The van der Waals surface area contributed by atoms with Crippen molar-refractivity contribution in [2.75, 3.05) is 32.1 Å². The molecule has 0 aliphatic carbocycles. The summed E-state index contributed by atoms with van der Waals surface area (Å²) in [6, 6.07) is 15.5. The Labute approximate surface area is 172 Å². The van der Waals surface area contributed by atoms with Crippen LogP contribution in [0.4, 0.5) is 10.5 Å². The summed E-state index contributed by atoms with van der Waals surface area (Å²) in [5.74, 6) is 1.08. The molecule has 0 saturated carbocycles. The Kier molecular flexibility index (Phi) is 7.11. The molecule has 1 aliphatic rings. The number of hydrogen-bond acceptors (Lipinski definition) is 4. The van der Waals surface area contributed by atoms with Gasteiger partial charge in [-0.1, -0.05) is 24.3 Å². The predicted octanol–water partition coefficient (Wildman–Crippen LogP) is 3.31. The van der Waals surface area contributed by atoms with Gasteiger partial charge in [-0.2, -0.15) is 4.31 Å². The number of benzene rings is 2. The monoisotopic (exact) mass is 417 g/mol. The van der Waals surface area contributed by atoms with Crippen molar-refractivity contribution in [2.45, 2.75) is 24.2 Å². The number of nitrogens with one attached hydrogen (secondary N) is 2. The Hall–Kier alpha value is -2.58. The topological polar surface area (TPSA) is 87.7 Å². The van der Waals surface area contributed by atoms with Gasteiger partial charge >= 0.3 is 6.03 Å². The van der Waals surface area contributed by atoms with Gasteiger partial charge in [-0.25, -0.2) is 13.2 Å². The number of anilines is 1. The van der Waals surface area contributed by atoms with Crippen molar-refractivity contribution < 1.29 is 17.9 Å². The Balaban J connectivity index is 1.40. The van der Waals surface area contributed by atoms with Gasteiger partial charge in [0.15, 0.2) is 0 Å². The lowest BCUT2D eigenvalue weighted by molar-refractivity contribution is 0.245. The maximum Gasteiger partial charge on any atom is 0.319 e. The summed E-state index contributed by atoms with van der Waals surface area (Å²) < 4.78 is 32.0. The van der Waals surface area contributed by atoms with Crippen LogP contribution < -0.4 is 15.4 Å². The first kappa shape index (κ1) is 21.1. The van der Waals surface area contributed by atoms with Gasteiger partial charge in [0.25, 0.3) is 0 Å². The molecule has 1 fully saturated rings. The van der Waals surface area contributed by atoms with Crippen molar-refractivity contribution in [1.82, 2.24) is 9.62 Å². The highest BCUT2D eigenvalue weighted by atomic mass is 32.2. The second-order valence-electron chi connectivity index (χ2n) is 7.06. The van der Waals surface area contributed by atoms with E-state index in [0.29, 0.717) is 41.9 Å². The van der Waals surface area contributed by atoms with Gasteiger partial charge in [0.1, 0.15) is 5.75 Å². The average Bonchev–Trinajstić information content (AvgIpc) is 2.75. The number of methoxy groups -OCH3 is 1. The first-order chi connectivity index (χ1) is 14.0. The lowest BCUT2D eigenvalue weighted by Gasteiger charge is -2.31. The Morgan fingerprint density at radius 2 is 1.83 bits per heavy atom. The number of ether oxygens (including phenoxy) is 1. The Morgan fingerprint density at radius 3 is 2.52 bits per heavy atom. The van der Waals surface area contributed by atoms with Crippen LogP contribution in [0.15, 0.2) is 59.5 Å². The molecule has 29 heavy (non-hydrogen) atoms. The molecule has 1 saturated heterocycles. The zero-order valence-corrected chi connectivity index (χ0v) is 17.3. The maximum atomic E-state index is 12.7. The highest BCUT2D eigenvalue weighted by molar-refractivity contribution is 7.89. The summed E-state index contributed by atoms with van der Waals surface area (Å²) in [6.07, 6.45) is 2.42. The van der Waals surface area contributed by atoms with Crippen molar-refractivity contribution in [2.24, 2.45) is 5.92 Å². The Morgan fingerprint density at radius 1 is 1.10 bits per heavy atom. The van der Waals surface area contributed by atoms with Crippen LogP contribution in [0, 0.1) is 5.92 Å². The standard InChI is InChI=1S/C21H27N3O4S/c1-28-19-7-5-6-18(16-19)23-21(25)22-13-10-17-11-14-24(15-12-17)29(26,27)20-8-3-2-4-9-20/h2-9,16-17H,10-15H2,1H3,(H2,22,23,25). The van der Waals surface area contributed by atoms with E-state index < -0.39 is 10.0 Å². The van der Waals surface area contributed by atoms with E-state index in [1.54, 1.807) is 47.8 Å². The number of sulfonamides is 1. The first-order valence-corrected chi connectivity index (χ1v) is 11.2. The van der Waals surface area contributed by atoms with Crippen molar-refractivity contribution in [1.29, 1.82) is 0 Å². The van der Waals surface area contributed by atoms with E-state index in [0.717, 1.165) is 19.3 Å². The molecule has 2 aromatic rings. The number of hydrogen-bond donors (Lipinski definition) is 2. The molecule has 1 aliphatic heterocycles. The van der Waals surface area contributed by atoms with Gasteiger partial charge in [-0.05, 0) is 49.4 Å². The summed E-state index contributed by atoms with van der Waals surface area (Å²) >= 11 is 0. The lowest BCUT2D eigenvalue weighted by Crippen LogP contribution is -2.39. The molecule has 2 amide bonds. The normalized spacial score (nSPS) is 15.6. The predicted molar refractivity (Wildman–Crippen MR) is 113 cm³/mol. The van der Waals surface area contributed by atoms with E-state index in [4.69, 9.17) is 4.74 Å². The van der Waals surface area contributed by atoms with Crippen LogP contribution in [0.1, 0.15) is 19.3 Å². The molecule has 2 N–H and O–H groups in total. The first-order valence-electron chi connectivity index (χ1n) is 9.73. The highest BCUT2D eigenvalue weighted by Crippen LogP contribution is 2.25. The van der Waals surface area contributed by atoms with Crippen LogP contribution in [0.2, 0.25) is 0 Å². The lowest BCUT2D eigenvalue weighted by atomic mass is 9.95. The van der Waals surface area contributed by atoms with Gasteiger partial charge in [0.2, 0.25) is 10.0 Å². The van der Waals surface area contributed by atoms with Gasteiger partial charge in [0, 0.05) is 31.4 Å². The molecule has 0 spiro atoms. The molecule has 0 unspecified atom stereocenters. The van der Waals surface area contributed by atoms with Crippen molar-refractivity contribution in [3.8, 4) is 5.75 Å². The van der Waals surface area contributed by atoms with Crippen molar-refractivity contribution in [3.63, 3.8) is 0 Å². The fourth-order valence-electron chi connectivity index (χ4n) is 3.45. The molecule has 0 bridgehead atoms. The van der Waals surface area contributed by atoms with Crippen LogP contribution in [-0.2, 0) is 10.0 Å². The third-order valence-corrected chi connectivity index (χ3v) is 7.03. The molecular formula is C21H27N3O4S. The molecule has 7 nitrogen and oxygen atoms in total. The van der Waals surface area contributed by atoms with Crippen LogP contribution in [0.3, 0.4) is 0 Å². The molecular weight excluding hydrogens is 390 g/mol. The minimum Gasteiger partial charge on any atom is -0.497 e. The van der Waals surface area contributed by atoms with Crippen LogP contribution in [0.25, 0.3) is 0 Å². The van der Waals surface area contributed by atoms with E-state index in [2.05, 4.69) is 10.6 Å². The molecule has 3 rings (SSSR count). The number of urea groups is 1. The second kappa shape index (κ2) is 9.76. The molecule has 1 heterocycles. The summed E-state index contributed by atoms with van der Waals surface area (Å²) in [7, 11) is -1.84. The SMILES string of the molecule is COc1cccc(NC(=O)NCCC2CCN(S(=O)(=O)c3ccccc3)CC2)c1. The average molecular weight is 418 g/mol. The van der Waals surface area contributed by atoms with Crippen LogP contribution in [-0.4, -0.2) is 45.5 Å². The van der Waals surface area contributed by atoms with Crippen LogP contribution in [0.5, 0.6) is 5.75 Å². The molecule has 0 radical (unpaired) electrons. The summed E-state index contributed by atoms with van der Waals surface area (Å²) in [6.45, 7) is 1.57. The van der Waals surface area contributed by atoms with Crippen molar-refractivity contribution in [3.05, 3.63) is 54.6 Å². The van der Waals surface area contributed by atoms with Crippen molar-refractivity contribution >= 4 is 21.7 Å². The molecule has 2 aromatic carbocycles. The summed E-state index contributed by atoms with van der Waals surface area (Å²) in [5, 5.41) is 5.64. The van der Waals surface area contributed by atoms with E-state index in [1.165, 1.54) is 0 Å². The molecule has 0 atom stereocenters. The number of rotatable bonds is 7. The third kappa shape index (κ3) is 5.71. The fraction of sp³-hybridized carbons (Fsp3) is 0.381. The van der Waals surface area contributed by atoms with Gasteiger partial charge in [-0.15, -0.1) is 0 Å². The third-order valence-electron chi connectivity index (χ3n) is 5.12. The minimum atomic E-state index is -3.42. The largest absolute Gasteiger partial charge is 0.497 e. The fourth-order valence-corrected chi connectivity index (χ4v) is 4.94. The smallest absolute Gasteiger partial charge is 0.319 e. The molecule has 0 aromatic heterocycles. The number of carbonyl (C=O) groups excluding carboxylic acids is 1. The number of amides is 2.